The number of hydrogen-bond donors (Lipinski definition) is 1. The molecule has 2 N–H and O–H groups in total. The molecular formula is C8H15F2NO. The summed E-state index contributed by atoms with van der Waals surface area (Å²) < 4.78 is 30.4. The molecule has 12 heavy (non-hydrogen) atoms. The maximum atomic E-state index is 12.7. The van der Waals surface area contributed by atoms with E-state index in [0.717, 1.165) is 0 Å². The van der Waals surface area contributed by atoms with Gasteiger partial charge in [-0.3, -0.25) is 0 Å². The first-order chi connectivity index (χ1) is 5.71. The summed E-state index contributed by atoms with van der Waals surface area (Å²) >= 11 is 0. The third-order valence-corrected chi connectivity index (χ3v) is 2.59. The number of halogens is 2. The van der Waals surface area contributed by atoms with E-state index in [0.29, 0.717) is 39.0 Å². The molecule has 1 aliphatic rings. The van der Waals surface area contributed by atoms with E-state index in [2.05, 4.69) is 0 Å². The maximum Gasteiger partial charge on any atom is 0.244 e. The molecule has 1 rings (SSSR count). The van der Waals surface area contributed by atoms with Crippen LogP contribution >= 0.6 is 0 Å². The Morgan fingerprint density at radius 2 is 1.92 bits per heavy atom. The summed E-state index contributed by atoms with van der Waals surface area (Å²) in [5.41, 5.74) is 4.45. The number of hydrogen-bond acceptors (Lipinski definition) is 2. The van der Waals surface area contributed by atoms with E-state index in [-0.39, 0.29) is 0 Å². The zero-order valence-corrected chi connectivity index (χ0v) is 7.06. The fourth-order valence-corrected chi connectivity index (χ4v) is 1.64. The first kappa shape index (κ1) is 9.86. The summed E-state index contributed by atoms with van der Waals surface area (Å²) in [6.07, 6.45) is -0.956. The van der Waals surface area contributed by atoms with E-state index >= 15 is 0 Å². The van der Waals surface area contributed by atoms with Crippen LogP contribution in [0.25, 0.3) is 0 Å². The molecule has 1 heterocycles. The average Bonchev–Trinajstić information content (AvgIpc) is 2.06. The van der Waals surface area contributed by atoms with Crippen LogP contribution in [-0.4, -0.2) is 26.2 Å². The van der Waals surface area contributed by atoms with Gasteiger partial charge in [-0.1, -0.05) is 0 Å². The van der Waals surface area contributed by atoms with Crippen LogP contribution in [0.5, 0.6) is 0 Å². The minimum absolute atomic E-state index is 0.338. The monoisotopic (exact) mass is 179 g/mol. The second-order valence-electron chi connectivity index (χ2n) is 3.31. The van der Waals surface area contributed by atoms with Crippen LogP contribution in [0.15, 0.2) is 0 Å². The lowest BCUT2D eigenvalue weighted by Gasteiger charge is -2.36. The predicted molar refractivity (Wildman–Crippen MR) is 42.2 cm³/mol. The molecular weight excluding hydrogens is 164 g/mol. The van der Waals surface area contributed by atoms with E-state index in [4.69, 9.17) is 10.5 Å². The molecule has 1 saturated heterocycles. The lowest BCUT2D eigenvalue weighted by Crippen LogP contribution is -2.37. The third kappa shape index (κ3) is 1.93. The fourth-order valence-electron chi connectivity index (χ4n) is 1.64. The molecule has 0 aliphatic carbocycles. The topological polar surface area (TPSA) is 35.2 Å². The van der Waals surface area contributed by atoms with E-state index < -0.39 is 11.8 Å². The number of nitrogens with two attached hydrogens (primary N) is 1. The molecule has 72 valence electrons. The van der Waals surface area contributed by atoms with Crippen molar-refractivity contribution in [2.45, 2.75) is 25.7 Å². The van der Waals surface area contributed by atoms with Crippen molar-refractivity contribution >= 4 is 0 Å². The Morgan fingerprint density at radius 3 is 2.33 bits per heavy atom. The van der Waals surface area contributed by atoms with Crippen LogP contribution in [0.2, 0.25) is 0 Å². The molecule has 1 aliphatic heterocycles. The normalized spacial score (nSPS) is 23.0. The van der Waals surface area contributed by atoms with Crippen LogP contribution in [0.3, 0.4) is 0 Å². The van der Waals surface area contributed by atoms with Gasteiger partial charge in [0.15, 0.2) is 0 Å². The van der Waals surface area contributed by atoms with E-state index in [1.807, 2.05) is 0 Å². The zero-order chi connectivity index (χ0) is 9.03. The molecule has 0 bridgehead atoms. The molecule has 0 aromatic rings. The molecule has 1 fully saturated rings. The Hall–Kier alpha value is -0.220. The molecule has 0 radical (unpaired) electrons. The van der Waals surface area contributed by atoms with Crippen LogP contribution in [0, 0.1) is 5.41 Å². The number of rotatable bonds is 3. The largest absolute Gasteiger partial charge is 0.381 e. The zero-order valence-electron chi connectivity index (χ0n) is 7.06. The first-order valence-corrected chi connectivity index (χ1v) is 4.27. The number of ether oxygens (including phenoxy) is 1. The van der Waals surface area contributed by atoms with E-state index in [9.17, 15) is 8.78 Å². The summed E-state index contributed by atoms with van der Waals surface area (Å²) in [5.74, 6) is 0. The quantitative estimate of drug-likeness (QED) is 0.710. The van der Waals surface area contributed by atoms with Gasteiger partial charge in [0.2, 0.25) is 6.43 Å². The highest BCUT2D eigenvalue weighted by Crippen LogP contribution is 2.39. The van der Waals surface area contributed by atoms with Crippen molar-refractivity contribution in [1.29, 1.82) is 0 Å². The summed E-state index contributed by atoms with van der Waals surface area (Å²) in [7, 11) is 0. The minimum Gasteiger partial charge on any atom is -0.381 e. The SMILES string of the molecule is NCCC1(C(F)F)CCOCC1. The standard InChI is InChI=1S/C8H15F2NO/c9-7(10)8(1-4-11)2-5-12-6-3-8/h7H,1-6,11H2. The lowest BCUT2D eigenvalue weighted by molar-refractivity contribution is -0.0829. The van der Waals surface area contributed by atoms with Crippen molar-refractivity contribution in [3.63, 3.8) is 0 Å². The van der Waals surface area contributed by atoms with Crippen molar-refractivity contribution in [2.75, 3.05) is 19.8 Å². The molecule has 0 aromatic carbocycles. The van der Waals surface area contributed by atoms with Gasteiger partial charge in [-0.15, -0.1) is 0 Å². The highest BCUT2D eigenvalue weighted by molar-refractivity contribution is 4.84. The molecule has 0 amide bonds. The van der Waals surface area contributed by atoms with Crippen molar-refractivity contribution in [3.05, 3.63) is 0 Å². The van der Waals surface area contributed by atoms with Gasteiger partial charge in [-0.05, 0) is 25.8 Å². The Morgan fingerprint density at radius 1 is 1.33 bits per heavy atom. The van der Waals surface area contributed by atoms with Gasteiger partial charge < -0.3 is 10.5 Å². The van der Waals surface area contributed by atoms with Crippen LogP contribution in [0.4, 0.5) is 8.78 Å². The summed E-state index contributed by atoms with van der Waals surface area (Å²) in [5, 5.41) is 0. The summed E-state index contributed by atoms with van der Waals surface area (Å²) in [6.45, 7) is 1.24. The van der Waals surface area contributed by atoms with Gasteiger partial charge in [0, 0.05) is 18.6 Å². The summed E-state index contributed by atoms with van der Waals surface area (Å²) in [4.78, 5) is 0. The Labute approximate surface area is 71.1 Å². The highest BCUT2D eigenvalue weighted by Gasteiger charge is 2.40. The first-order valence-electron chi connectivity index (χ1n) is 4.27. The molecule has 4 heteroatoms. The minimum atomic E-state index is -2.26. The molecule has 0 saturated carbocycles. The van der Waals surface area contributed by atoms with Crippen molar-refractivity contribution in [2.24, 2.45) is 11.1 Å². The van der Waals surface area contributed by atoms with Gasteiger partial charge in [-0.2, -0.15) is 0 Å². The highest BCUT2D eigenvalue weighted by atomic mass is 19.3. The molecule has 2 nitrogen and oxygen atoms in total. The Balaban J connectivity index is 2.56. The summed E-state index contributed by atoms with van der Waals surface area (Å²) in [6, 6.07) is 0. The molecule has 0 unspecified atom stereocenters. The molecule has 0 spiro atoms. The fraction of sp³-hybridized carbons (Fsp3) is 1.00. The van der Waals surface area contributed by atoms with Crippen LogP contribution in [-0.2, 0) is 4.74 Å². The van der Waals surface area contributed by atoms with Gasteiger partial charge >= 0.3 is 0 Å². The Bertz CT molecular complexity index is 130. The third-order valence-electron chi connectivity index (χ3n) is 2.59. The molecule has 0 aromatic heterocycles. The average molecular weight is 179 g/mol. The second-order valence-corrected chi connectivity index (χ2v) is 3.31. The number of alkyl halides is 2. The van der Waals surface area contributed by atoms with Gasteiger partial charge in [0.1, 0.15) is 0 Å². The smallest absolute Gasteiger partial charge is 0.244 e. The van der Waals surface area contributed by atoms with E-state index in [1.165, 1.54) is 0 Å². The maximum absolute atomic E-state index is 12.7. The van der Waals surface area contributed by atoms with E-state index in [1.54, 1.807) is 0 Å². The second kappa shape index (κ2) is 4.14. The Kier molecular flexibility index (Phi) is 3.40. The van der Waals surface area contributed by atoms with Gasteiger partial charge in [0.05, 0.1) is 0 Å². The lowest BCUT2D eigenvalue weighted by atomic mass is 9.78. The van der Waals surface area contributed by atoms with Crippen molar-refractivity contribution in [1.82, 2.24) is 0 Å². The molecule has 0 atom stereocenters. The predicted octanol–water partition coefficient (Wildman–Crippen LogP) is 1.40. The van der Waals surface area contributed by atoms with Crippen LogP contribution < -0.4 is 5.73 Å². The van der Waals surface area contributed by atoms with Crippen molar-refractivity contribution < 1.29 is 13.5 Å². The van der Waals surface area contributed by atoms with Crippen LogP contribution in [0.1, 0.15) is 19.3 Å². The van der Waals surface area contributed by atoms with Crippen molar-refractivity contribution in [3.8, 4) is 0 Å². The van der Waals surface area contributed by atoms with Gasteiger partial charge in [0.25, 0.3) is 0 Å². The van der Waals surface area contributed by atoms with Gasteiger partial charge in [-0.25, -0.2) is 8.78 Å².